The molecule has 0 spiro atoms. The van der Waals surface area contributed by atoms with Gasteiger partial charge < -0.3 is 5.32 Å². The van der Waals surface area contributed by atoms with Gasteiger partial charge in [-0.05, 0) is 31.5 Å². The molecule has 1 aromatic heterocycles. The van der Waals surface area contributed by atoms with Gasteiger partial charge in [-0.2, -0.15) is 5.10 Å². The lowest BCUT2D eigenvalue weighted by molar-refractivity contribution is 0.545. The first-order valence-electron chi connectivity index (χ1n) is 6.58. The van der Waals surface area contributed by atoms with Crippen molar-refractivity contribution in [3.8, 4) is 0 Å². The summed E-state index contributed by atoms with van der Waals surface area (Å²) >= 11 is 3.62. The normalized spacial score (nSPS) is 12.6. The molecule has 2 aromatic rings. The van der Waals surface area contributed by atoms with E-state index in [1.165, 1.54) is 21.3 Å². The van der Waals surface area contributed by atoms with Crippen LogP contribution in [0.3, 0.4) is 0 Å². The molecule has 1 atom stereocenters. The molecule has 0 radical (unpaired) electrons. The van der Waals surface area contributed by atoms with Crippen molar-refractivity contribution >= 4 is 15.9 Å². The van der Waals surface area contributed by atoms with E-state index in [1.54, 1.807) is 0 Å². The minimum absolute atomic E-state index is 0.303. The minimum atomic E-state index is 0.303. The van der Waals surface area contributed by atoms with E-state index in [0.29, 0.717) is 6.04 Å². The topological polar surface area (TPSA) is 29.9 Å². The van der Waals surface area contributed by atoms with Crippen molar-refractivity contribution in [2.75, 3.05) is 6.54 Å². The van der Waals surface area contributed by atoms with Gasteiger partial charge in [0.1, 0.15) is 0 Å². The molecule has 2 rings (SSSR count). The van der Waals surface area contributed by atoms with E-state index in [1.807, 2.05) is 24.0 Å². The molecule has 0 aliphatic carbocycles. The Morgan fingerprint density at radius 1 is 1.37 bits per heavy atom. The molecule has 1 N–H and O–H groups in total. The van der Waals surface area contributed by atoms with Gasteiger partial charge in [0.05, 0.1) is 6.20 Å². The van der Waals surface area contributed by atoms with E-state index in [9.17, 15) is 0 Å². The first-order valence-corrected chi connectivity index (χ1v) is 7.38. The smallest absolute Gasteiger partial charge is 0.0540 e. The molecule has 4 heteroatoms. The average molecular weight is 322 g/mol. The van der Waals surface area contributed by atoms with Crippen LogP contribution in [0.1, 0.15) is 29.8 Å². The fourth-order valence-electron chi connectivity index (χ4n) is 2.28. The van der Waals surface area contributed by atoms with Crippen molar-refractivity contribution in [2.24, 2.45) is 7.05 Å². The van der Waals surface area contributed by atoms with Gasteiger partial charge in [0.15, 0.2) is 0 Å². The van der Waals surface area contributed by atoms with Crippen LogP contribution >= 0.6 is 15.9 Å². The highest BCUT2D eigenvalue weighted by Gasteiger charge is 2.17. The first kappa shape index (κ1) is 14.3. The van der Waals surface area contributed by atoms with Crippen LogP contribution in [0.2, 0.25) is 0 Å². The van der Waals surface area contributed by atoms with Gasteiger partial charge in [0.25, 0.3) is 0 Å². The zero-order valence-electron chi connectivity index (χ0n) is 11.7. The SMILES string of the molecule is CCNC(Cc1ccccc1Br)c1cnn(C)c1C. The van der Waals surface area contributed by atoms with Crippen LogP contribution in [0.15, 0.2) is 34.9 Å². The van der Waals surface area contributed by atoms with Crippen molar-refractivity contribution in [3.63, 3.8) is 0 Å². The van der Waals surface area contributed by atoms with Crippen molar-refractivity contribution < 1.29 is 0 Å². The second-order valence-electron chi connectivity index (χ2n) is 4.71. The molecule has 0 saturated carbocycles. The highest BCUT2D eigenvalue weighted by molar-refractivity contribution is 9.10. The summed E-state index contributed by atoms with van der Waals surface area (Å²) in [5, 5.41) is 7.90. The van der Waals surface area contributed by atoms with Gasteiger partial charge in [-0.15, -0.1) is 0 Å². The fraction of sp³-hybridized carbons (Fsp3) is 0.400. The zero-order chi connectivity index (χ0) is 13.8. The van der Waals surface area contributed by atoms with Crippen LogP contribution in [-0.4, -0.2) is 16.3 Å². The van der Waals surface area contributed by atoms with Gasteiger partial charge in [0, 0.05) is 28.8 Å². The molecule has 1 aromatic carbocycles. The Morgan fingerprint density at radius 3 is 2.68 bits per heavy atom. The quantitative estimate of drug-likeness (QED) is 0.914. The number of nitrogens with zero attached hydrogens (tertiary/aromatic N) is 2. The predicted octanol–water partition coefficient (Wildman–Crippen LogP) is 3.38. The summed E-state index contributed by atoms with van der Waals surface area (Å²) in [7, 11) is 1.99. The first-order chi connectivity index (χ1) is 9.13. The molecule has 1 heterocycles. The number of benzene rings is 1. The number of aryl methyl sites for hydroxylation is 1. The Kier molecular flexibility index (Phi) is 4.77. The van der Waals surface area contributed by atoms with Crippen LogP contribution in [0.25, 0.3) is 0 Å². The molecule has 102 valence electrons. The minimum Gasteiger partial charge on any atom is -0.310 e. The number of likely N-dealkylation sites (N-methyl/N-ethyl adjacent to an activating group) is 1. The second kappa shape index (κ2) is 6.35. The van der Waals surface area contributed by atoms with E-state index in [0.717, 1.165) is 13.0 Å². The number of nitrogens with one attached hydrogen (secondary N) is 1. The highest BCUT2D eigenvalue weighted by atomic mass is 79.9. The van der Waals surface area contributed by atoms with E-state index in [2.05, 4.69) is 58.4 Å². The molecular formula is C15H20BrN3. The monoisotopic (exact) mass is 321 g/mol. The Bertz CT molecular complexity index is 548. The lowest BCUT2D eigenvalue weighted by atomic mass is 9.99. The Balaban J connectivity index is 2.26. The standard InChI is InChI=1S/C15H20BrN3/c1-4-17-15(13-10-18-19(3)11(13)2)9-12-7-5-6-8-14(12)16/h5-8,10,15,17H,4,9H2,1-3H3. The molecule has 19 heavy (non-hydrogen) atoms. The third-order valence-electron chi connectivity index (χ3n) is 3.48. The van der Waals surface area contributed by atoms with Crippen LogP contribution in [0, 0.1) is 6.92 Å². The third-order valence-corrected chi connectivity index (χ3v) is 4.25. The summed E-state index contributed by atoms with van der Waals surface area (Å²) in [6.07, 6.45) is 2.93. The second-order valence-corrected chi connectivity index (χ2v) is 5.57. The maximum atomic E-state index is 4.35. The molecule has 0 saturated heterocycles. The van der Waals surface area contributed by atoms with Gasteiger partial charge in [0.2, 0.25) is 0 Å². The van der Waals surface area contributed by atoms with Gasteiger partial charge in [-0.1, -0.05) is 41.1 Å². The lowest BCUT2D eigenvalue weighted by Crippen LogP contribution is -2.23. The maximum absolute atomic E-state index is 4.35. The molecule has 0 amide bonds. The van der Waals surface area contributed by atoms with E-state index in [-0.39, 0.29) is 0 Å². The van der Waals surface area contributed by atoms with Crippen LogP contribution in [0.5, 0.6) is 0 Å². The molecule has 0 aliphatic heterocycles. The maximum Gasteiger partial charge on any atom is 0.0540 e. The molecule has 0 fully saturated rings. The van der Waals surface area contributed by atoms with Gasteiger partial charge >= 0.3 is 0 Å². The van der Waals surface area contributed by atoms with Crippen LogP contribution in [0.4, 0.5) is 0 Å². The third kappa shape index (κ3) is 3.25. The number of rotatable bonds is 5. The fourth-order valence-corrected chi connectivity index (χ4v) is 2.73. The van der Waals surface area contributed by atoms with Crippen molar-refractivity contribution in [3.05, 3.63) is 51.8 Å². The summed E-state index contributed by atoms with van der Waals surface area (Å²) in [4.78, 5) is 0. The summed E-state index contributed by atoms with van der Waals surface area (Å²) in [5.74, 6) is 0. The Labute approximate surface area is 123 Å². The summed E-state index contributed by atoms with van der Waals surface area (Å²) in [6.45, 7) is 5.20. The summed E-state index contributed by atoms with van der Waals surface area (Å²) in [5.41, 5.74) is 3.81. The predicted molar refractivity (Wildman–Crippen MR) is 82.2 cm³/mol. The molecule has 1 unspecified atom stereocenters. The van der Waals surface area contributed by atoms with E-state index in [4.69, 9.17) is 0 Å². The van der Waals surface area contributed by atoms with Crippen molar-refractivity contribution in [2.45, 2.75) is 26.3 Å². The Hall–Kier alpha value is -1.13. The van der Waals surface area contributed by atoms with E-state index < -0.39 is 0 Å². The van der Waals surface area contributed by atoms with Gasteiger partial charge in [-0.3, -0.25) is 4.68 Å². The number of aromatic nitrogens is 2. The number of hydrogen-bond acceptors (Lipinski definition) is 2. The lowest BCUT2D eigenvalue weighted by Gasteiger charge is -2.18. The van der Waals surface area contributed by atoms with Crippen LogP contribution in [-0.2, 0) is 13.5 Å². The molecule has 0 aliphatic rings. The molecule has 0 bridgehead atoms. The number of hydrogen-bond donors (Lipinski definition) is 1. The number of halogens is 1. The molecular weight excluding hydrogens is 302 g/mol. The zero-order valence-corrected chi connectivity index (χ0v) is 13.2. The molecule has 3 nitrogen and oxygen atoms in total. The largest absolute Gasteiger partial charge is 0.310 e. The van der Waals surface area contributed by atoms with Crippen molar-refractivity contribution in [1.29, 1.82) is 0 Å². The summed E-state index contributed by atoms with van der Waals surface area (Å²) < 4.78 is 3.10. The average Bonchev–Trinajstić information content (AvgIpc) is 2.72. The highest BCUT2D eigenvalue weighted by Crippen LogP contribution is 2.25. The van der Waals surface area contributed by atoms with Gasteiger partial charge in [-0.25, -0.2) is 0 Å². The Morgan fingerprint density at radius 2 is 2.11 bits per heavy atom. The van der Waals surface area contributed by atoms with E-state index >= 15 is 0 Å². The van der Waals surface area contributed by atoms with Crippen LogP contribution < -0.4 is 5.32 Å². The summed E-state index contributed by atoms with van der Waals surface area (Å²) in [6, 6.07) is 8.69. The van der Waals surface area contributed by atoms with Crippen molar-refractivity contribution in [1.82, 2.24) is 15.1 Å².